The third-order valence-electron chi connectivity index (χ3n) is 1.76. The Kier molecular flexibility index (Phi) is 2.71. The average Bonchev–Trinajstić information content (AvgIpc) is 2.16. The van der Waals surface area contributed by atoms with Crippen LogP contribution in [0.15, 0.2) is 18.2 Å². The van der Waals surface area contributed by atoms with Crippen LogP contribution in [0.25, 0.3) is 0 Å². The summed E-state index contributed by atoms with van der Waals surface area (Å²) >= 11 is 0. The summed E-state index contributed by atoms with van der Waals surface area (Å²) in [5.41, 5.74) is -0.0783. The number of nitrogens with zero attached hydrogens (tertiary/aromatic N) is 1. The summed E-state index contributed by atoms with van der Waals surface area (Å²) in [4.78, 5) is 31.2. The van der Waals surface area contributed by atoms with Crippen LogP contribution in [0.4, 0.5) is 5.69 Å². The van der Waals surface area contributed by atoms with Gasteiger partial charge < -0.3 is 0 Å². The zero-order valence-corrected chi connectivity index (χ0v) is 7.39. The van der Waals surface area contributed by atoms with Crippen LogP contribution in [0.5, 0.6) is 0 Å². The molecule has 5 nitrogen and oxygen atoms in total. The number of ketones is 1. The third-order valence-corrected chi connectivity index (χ3v) is 1.76. The second-order valence-electron chi connectivity index (χ2n) is 2.70. The first-order valence-electron chi connectivity index (χ1n) is 3.81. The Bertz CT molecular complexity index is 411. The molecular formula is C9H7NO4. The van der Waals surface area contributed by atoms with Gasteiger partial charge in [0.25, 0.3) is 5.69 Å². The fourth-order valence-electron chi connectivity index (χ4n) is 1.03. The lowest BCUT2D eigenvalue weighted by atomic mass is 10.1. The van der Waals surface area contributed by atoms with E-state index in [1.807, 2.05) is 0 Å². The minimum absolute atomic E-state index is 0.0808. The minimum Gasteiger partial charge on any atom is -0.298 e. The van der Waals surface area contributed by atoms with Gasteiger partial charge in [0.05, 0.1) is 10.5 Å². The summed E-state index contributed by atoms with van der Waals surface area (Å²) in [6.07, 6.45) is 0.366. The van der Waals surface area contributed by atoms with Crippen molar-refractivity contribution >= 4 is 17.8 Å². The highest BCUT2D eigenvalue weighted by atomic mass is 16.6. The molecule has 0 radical (unpaired) electrons. The molecule has 0 aliphatic carbocycles. The van der Waals surface area contributed by atoms with Crippen LogP contribution < -0.4 is 0 Å². The summed E-state index contributed by atoms with van der Waals surface area (Å²) in [6, 6.07) is 3.70. The van der Waals surface area contributed by atoms with Crippen LogP contribution in [-0.4, -0.2) is 17.0 Å². The van der Waals surface area contributed by atoms with Gasteiger partial charge in [-0.15, -0.1) is 0 Å². The quantitative estimate of drug-likeness (QED) is 0.316. The number of hydrogen-bond donors (Lipinski definition) is 0. The lowest BCUT2D eigenvalue weighted by Gasteiger charge is -1.98. The molecule has 0 aliphatic heterocycles. The van der Waals surface area contributed by atoms with Gasteiger partial charge in [0.15, 0.2) is 12.1 Å². The minimum atomic E-state index is -0.659. The molecule has 14 heavy (non-hydrogen) atoms. The van der Waals surface area contributed by atoms with E-state index in [0.29, 0.717) is 6.29 Å². The van der Waals surface area contributed by atoms with Crippen molar-refractivity contribution in [2.24, 2.45) is 0 Å². The normalized spacial score (nSPS) is 9.50. The van der Waals surface area contributed by atoms with Gasteiger partial charge in [-0.1, -0.05) is 0 Å². The summed E-state index contributed by atoms with van der Waals surface area (Å²) in [5.74, 6) is -0.233. The number of rotatable bonds is 3. The van der Waals surface area contributed by atoms with Crippen molar-refractivity contribution < 1.29 is 14.5 Å². The Balaban J connectivity index is 3.32. The number of benzene rings is 1. The molecule has 72 valence electrons. The Morgan fingerprint density at radius 3 is 2.57 bits per heavy atom. The molecule has 0 spiro atoms. The Morgan fingerprint density at radius 2 is 2.14 bits per heavy atom. The standard InChI is InChI=1S/C9H7NO4/c1-6(12)7-2-3-9(10(13)14)8(4-7)5-11/h2-5H,1H3. The number of Topliss-reactive ketones (excluding diaryl/α,β-unsaturated/α-hetero) is 1. The van der Waals surface area contributed by atoms with E-state index >= 15 is 0 Å². The number of carbonyl (C=O) groups is 2. The second kappa shape index (κ2) is 3.78. The average molecular weight is 193 g/mol. The van der Waals surface area contributed by atoms with Crippen LogP contribution >= 0.6 is 0 Å². The lowest BCUT2D eigenvalue weighted by molar-refractivity contribution is -0.385. The molecule has 0 amide bonds. The number of aldehydes is 1. The largest absolute Gasteiger partial charge is 0.298 e. The van der Waals surface area contributed by atoms with E-state index in [2.05, 4.69) is 0 Å². The predicted molar refractivity (Wildman–Crippen MR) is 48.5 cm³/mol. The van der Waals surface area contributed by atoms with Crippen LogP contribution in [0, 0.1) is 10.1 Å². The molecule has 0 heterocycles. The Hall–Kier alpha value is -2.04. The topological polar surface area (TPSA) is 77.3 Å². The van der Waals surface area contributed by atoms with E-state index in [4.69, 9.17) is 0 Å². The number of nitro groups is 1. The van der Waals surface area contributed by atoms with Crippen molar-refractivity contribution in [3.63, 3.8) is 0 Å². The summed E-state index contributed by atoms with van der Waals surface area (Å²) < 4.78 is 0. The smallest absolute Gasteiger partial charge is 0.279 e. The maximum absolute atomic E-state index is 10.9. The van der Waals surface area contributed by atoms with Crippen molar-refractivity contribution in [2.45, 2.75) is 6.92 Å². The van der Waals surface area contributed by atoms with Gasteiger partial charge in [-0.2, -0.15) is 0 Å². The first-order valence-corrected chi connectivity index (χ1v) is 3.81. The van der Waals surface area contributed by atoms with E-state index < -0.39 is 4.92 Å². The van der Waals surface area contributed by atoms with Gasteiger partial charge in [-0.3, -0.25) is 19.7 Å². The lowest BCUT2D eigenvalue weighted by Crippen LogP contribution is -1.98. The van der Waals surface area contributed by atoms with E-state index in [9.17, 15) is 19.7 Å². The summed E-state index contributed by atoms with van der Waals surface area (Å²) in [5, 5.41) is 10.4. The molecule has 0 atom stereocenters. The van der Waals surface area contributed by atoms with Gasteiger partial charge in [0.1, 0.15) is 0 Å². The first kappa shape index (κ1) is 10.0. The van der Waals surface area contributed by atoms with Crippen LogP contribution in [0.3, 0.4) is 0 Å². The molecule has 1 aromatic carbocycles. The molecule has 1 aromatic rings. The van der Waals surface area contributed by atoms with E-state index in [1.165, 1.54) is 19.1 Å². The van der Waals surface area contributed by atoms with E-state index in [0.717, 1.165) is 6.07 Å². The number of carbonyl (C=O) groups excluding carboxylic acids is 2. The maximum atomic E-state index is 10.9. The summed E-state index contributed by atoms with van der Waals surface area (Å²) in [7, 11) is 0. The Labute approximate surface area is 79.5 Å². The molecule has 0 fully saturated rings. The molecule has 5 heteroatoms. The molecule has 0 aliphatic rings. The zero-order chi connectivity index (χ0) is 10.7. The van der Waals surface area contributed by atoms with Crippen LogP contribution in [0.1, 0.15) is 27.6 Å². The SMILES string of the molecule is CC(=O)c1ccc([N+](=O)[O-])c(C=O)c1. The van der Waals surface area contributed by atoms with Crippen molar-refractivity contribution in [3.8, 4) is 0 Å². The molecule has 0 bridgehead atoms. The molecule has 1 rings (SSSR count). The molecule has 0 saturated carbocycles. The molecule has 0 saturated heterocycles. The van der Waals surface area contributed by atoms with Crippen molar-refractivity contribution in [2.75, 3.05) is 0 Å². The zero-order valence-electron chi connectivity index (χ0n) is 7.39. The van der Waals surface area contributed by atoms with Gasteiger partial charge in [0, 0.05) is 11.6 Å². The predicted octanol–water partition coefficient (Wildman–Crippen LogP) is 1.61. The van der Waals surface area contributed by atoms with Crippen LogP contribution in [0.2, 0.25) is 0 Å². The highest BCUT2D eigenvalue weighted by Crippen LogP contribution is 2.18. The molecule has 0 N–H and O–H groups in total. The number of hydrogen-bond acceptors (Lipinski definition) is 4. The van der Waals surface area contributed by atoms with Crippen LogP contribution in [-0.2, 0) is 0 Å². The fourth-order valence-corrected chi connectivity index (χ4v) is 1.03. The van der Waals surface area contributed by atoms with E-state index in [1.54, 1.807) is 0 Å². The van der Waals surface area contributed by atoms with Gasteiger partial charge in [-0.25, -0.2) is 0 Å². The molecule has 0 unspecified atom stereocenters. The highest BCUT2D eigenvalue weighted by molar-refractivity contribution is 5.96. The van der Waals surface area contributed by atoms with Crippen molar-refractivity contribution in [1.29, 1.82) is 0 Å². The van der Waals surface area contributed by atoms with Gasteiger partial charge in [-0.05, 0) is 19.1 Å². The van der Waals surface area contributed by atoms with Gasteiger partial charge in [0.2, 0.25) is 0 Å². The first-order chi connectivity index (χ1) is 6.56. The fraction of sp³-hybridized carbons (Fsp3) is 0.111. The van der Waals surface area contributed by atoms with Crippen molar-refractivity contribution in [1.82, 2.24) is 0 Å². The second-order valence-corrected chi connectivity index (χ2v) is 2.70. The Morgan fingerprint density at radius 1 is 1.50 bits per heavy atom. The monoisotopic (exact) mass is 193 g/mol. The maximum Gasteiger partial charge on any atom is 0.279 e. The van der Waals surface area contributed by atoms with Gasteiger partial charge >= 0.3 is 0 Å². The van der Waals surface area contributed by atoms with Crippen molar-refractivity contribution in [3.05, 3.63) is 39.4 Å². The highest BCUT2D eigenvalue weighted by Gasteiger charge is 2.14. The number of nitro benzene ring substituents is 1. The van der Waals surface area contributed by atoms with E-state index in [-0.39, 0.29) is 22.6 Å². The third kappa shape index (κ3) is 1.82. The molecule has 0 aromatic heterocycles. The summed E-state index contributed by atoms with van der Waals surface area (Å²) in [6.45, 7) is 1.33. The molecular weight excluding hydrogens is 186 g/mol.